The number of rotatable bonds is 8. The third-order valence-electron chi connectivity index (χ3n) is 6.42. The lowest BCUT2D eigenvalue weighted by molar-refractivity contribution is 0.0378. The van der Waals surface area contributed by atoms with E-state index in [0.29, 0.717) is 44.8 Å². The van der Waals surface area contributed by atoms with Gasteiger partial charge in [-0.1, -0.05) is 41.9 Å². The second-order valence-corrected chi connectivity index (χ2v) is 11.2. The lowest BCUT2D eigenvalue weighted by Crippen LogP contribution is -2.24. The maximum Gasteiger partial charge on any atom is 0.339 e. The van der Waals surface area contributed by atoms with Crippen LogP contribution >= 0.6 is 22.9 Å². The molecule has 8 heteroatoms. The van der Waals surface area contributed by atoms with E-state index in [2.05, 4.69) is 5.32 Å². The van der Waals surface area contributed by atoms with Crippen molar-refractivity contribution >= 4 is 46.0 Å². The normalized spacial score (nSPS) is 13.0. The first kappa shape index (κ1) is 26.9. The third-order valence-corrected chi connectivity index (χ3v) is 7.86. The Bertz CT molecular complexity index is 1520. The number of hydrogen-bond acceptors (Lipinski definition) is 6. The second-order valence-electron chi connectivity index (χ2n) is 9.66. The average Bonchev–Trinajstić information content (AvgIpc) is 3.55. The van der Waals surface area contributed by atoms with Crippen LogP contribution in [0.4, 0.5) is 5.00 Å². The summed E-state index contributed by atoms with van der Waals surface area (Å²) >= 11 is 7.80. The predicted octanol–water partition coefficient (Wildman–Crippen LogP) is 7.79. The summed E-state index contributed by atoms with van der Waals surface area (Å²) in [5, 5.41) is 4.22. The molecule has 0 unspecified atom stereocenters. The summed E-state index contributed by atoms with van der Waals surface area (Å²) in [4.78, 5) is 31.9. The molecular weight excluding hydrogens is 532 g/mol. The first-order valence-electron chi connectivity index (χ1n) is 13.0. The Morgan fingerprint density at radius 2 is 1.90 bits per heavy atom. The highest BCUT2D eigenvalue weighted by atomic mass is 35.5. The first-order valence-corrected chi connectivity index (χ1v) is 14.2. The average molecular weight is 561 g/mol. The van der Waals surface area contributed by atoms with Crippen molar-refractivity contribution < 1.29 is 18.7 Å². The van der Waals surface area contributed by atoms with Crippen molar-refractivity contribution in [2.75, 3.05) is 0 Å². The van der Waals surface area contributed by atoms with E-state index in [9.17, 15) is 9.59 Å². The molecule has 1 aliphatic carbocycles. The molecule has 0 atom stereocenters. The molecule has 6 nitrogen and oxygen atoms in total. The molecule has 0 radical (unpaired) electrons. The molecule has 0 bridgehead atoms. The summed E-state index contributed by atoms with van der Waals surface area (Å²) in [7, 11) is 0. The molecule has 2 aromatic carbocycles. The molecular formula is C31H29ClN2O4S. The van der Waals surface area contributed by atoms with E-state index in [1.807, 2.05) is 30.3 Å². The number of carbonyl (C=O) groups is 2. The van der Waals surface area contributed by atoms with Gasteiger partial charge in [0.1, 0.15) is 16.5 Å². The van der Waals surface area contributed by atoms with Gasteiger partial charge in [-0.05, 0) is 81.0 Å². The fraction of sp³-hybridized carbons (Fsp3) is 0.258. The fourth-order valence-electron chi connectivity index (χ4n) is 4.61. The molecule has 0 saturated carbocycles. The number of hydrogen-bond donors (Lipinski definition) is 1. The number of furan rings is 1. The zero-order valence-corrected chi connectivity index (χ0v) is 23.4. The van der Waals surface area contributed by atoms with Gasteiger partial charge in [-0.15, -0.1) is 11.3 Å². The van der Waals surface area contributed by atoms with Crippen LogP contribution in [0.25, 0.3) is 11.3 Å². The van der Waals surface area contributed by atoms with Gasteiger partial charge in [0.05, 0.1) is 23.4 Å². The zero-order valence-electron chi connectivity index (χ0n) is 21.8. The zero-order chi connectivity index (χ0) is 27.4. The van der Waals surface area contributed by atoms with Gasteiger partial charge in [0, 0.05) is 22.0 Å². The van der Waals surface area contributed by atoms with Gasteiger partial charge in [0.15, 0.2) is 0 Å². The van der Waals surface area contributed by atoms with Gasteiger partial charge in [0.25, 0.3) is 5.91 Å². The number of amides is 1. The quantitative estimate of drug-likeness (QED) is 0.176. The van der Waals surface area contributed by atoms with E-state index < -0.39 is 5.97 Å². The van der Waals surface area contributed by atoms with Crippen molar-refractivity contribution in [3.8, 4) is 11.3 Å². The van der Waals surface area contributed by atoms with E-state index in [-0.39, 0.29) is 12.0 Å². The number of fused-ring (bicyclic) bond motifs is 1. The Hall–Kier alpha value is -3.68. The molecule has 4 aromatic rings. The molecule has 0 aliphatic heterocycles. The molecule has 1 aliphatic rings. The molecule has 200 valence electrons. The van der Waals surface area contributed by atoms with Gasteiger partial charge >= 0.3 is 5.97 Å². The monoisotopic (exact) mass is 560 g/mol. The van der Waals surface area contributed by atoms with Crippen molar-refractivity contribution in [3.63, 3.8) is 0 Å². The molecule has 2 aromatic heterocycles. The number of carbonyl (C=O) groups excluding carboxylic acids is 2. The van der Waals surface area contributed by atoms with Gasteiger partial charge in [-0.25, -0.2) is 9.79 Å². The van der Waals surface area contributed by atoms with Gasteiger partial charge in [-0.2, -0.15) is 0 Å². The highest BCUT2D eigenvalue weighted by Crippen LogP contribution is 2.40. The number of aliphatic imine (C=N–C) groups is 1. The number of esters is 1. The van der Waals surface area contributed by atoms with Crippen LogP contribution in [0.15, 0.2) is 70.1 Å². The highest BCUT2D eigenvalue weighted by molar-refractivity contribution is 7.16. The van der Waals surface area contributed by atoms with Crippen LogP contribution in [0.3, 0.4) is 0 Å². The van der Waals surface area contributed by atoms with Crippen molar-refractivity contribution in [2.45, 2.75) is 52.2 Å². The number of nitrogens with zero attached hydrogens (tertiary/aromatic N) is 1. The summed E-state index contributed by atoms with van der Waals surface area (Å²) in [6.45, 7) is 4.05. The minimum atomic E-state index is -0.446. The predicted molar refractivity (Wildman–Crippen MR) is 156 cm³/mol. The Kier molecular flexibility index (Phi) is 8.29. The van der Waals surface area contributed by atoms with Crippen LogP contribution in [0, 0.1) is 0 Å². The number of benzene rings is 2. The Morgan fingerprint density at radius 3 is 2.69 bits per heavy atom. The molecule has 0 fully saturated rings. The molecule has 5 rings (SSSR count). The fourth-order valence-corrected chi connectivity index (χ4v) is 6.01. The summed E-state index contributed by atoms with van der Waals surface area (Å²) in [6, 6.07) is 18.4. The van der Waals surface area contributed by atoms with E-state index in [1.165, 1.54) is 4.88 Å². The van der Waals surface area contributed by atoms with E-state index >= 15 is 0 Å². The minimum Gasteiger partial charge on any atom is -0.459 e. The summed E-state index contributed by atoms with van der Waals surface area (Å²) in [6.07, 6.45) is 5.38. The highest BCUT2D eigenvalue weighted by Gasteiger charge is 2.25. The van der Waals surface area contributed by atoms with Crippen LogP contribution in [-0.4, -0.2) is 24.2 Å². The second kappa shape index (κ2) is 12.0. The molecule has 0 spiro atoms. The van der Waals surface area contributed by atoms with E-state index in [4.69, 9.17) is 25.7 Å². The molecule has 1 N–H and O–H groups in total. The smallest absolute Gasteiger partial charge is 0.339 e. The third kappa shape index (κ3) is 6.32. The maximum absolute atomic E-state index is 13.3. The number of aryl methyl sites for hydroxylation is 1. The largest absolute Gasteiger partial charge is 0.459 e. The topological polar surface area (TPSA) is 80.9 Å². The van der Waals surface area contributed by atoms with Crippen LogP contribution < -0.4 is 5.32 Å². The van der Waals surface area contributed by atoms with Crippen LogP contribution in [-0.2, 0) is 24.1 Å². The van der Waals surface area contributed by atoms with Gasteiger partial charge in [0.2, 0.25) is 0 Å². The Balaban J connectivity index is 1.41. The Morgan fingerprint density at radius 1 is 1.10 bits per heavy atom. The molecule has 2 heterocycles. The lowest BCUT2D eigenvalue weighted by atomic mass is 9.95. The van der Waals surface area contributed by atoms with Crippen LogP contribution in [0.5, 0.6) is 0 Å². The summed E-state index contributed by atoms with van der Waals surface area (Å²) in [5.41, 5.74) is 3.72. The van der Waals surface area contributed by atoms with Crippen molar-refractivity contribution in [3.05, 3.63) is 98.6 Å². The number of halogens is 1. The SMILES string of the molecule is CC(C)OC(=O)c1ccc(Cl)cc1-c1ccc(C=Nc2sc3c(c2C(=O)NCc2ccccc2)CCCC3)o1. The summed E-state index contributed by atoms with van der Waals surface area (Å²) in [5.74, 6) is 0.410. The maximum atomic E-state index is 13.3. The van der Waals surface area contributed by atoms with Gasteiger partial charge in [-0.3, -0.25) is 4.79 Å². The number of ether oxygens (including phenoxy) is 1. The Labute approximate surface area is 236 Å². The number of thiophene rings is 1. The summed E-state index contributed by atoms with van der Waals surface area (Å²) < 4.78 is 11.4. The molecule has 0 saturated heterocycles. The molecule has 39 heavy (non-hydrogen) atoms. The van der Waals surface area contributed by atoms with Crippen molar-refractivity contribution in [2.24, 2.45) is 4.99 Å². The lowest BCUT2D eigenvalue weighted by Gasteiger charge is -2.12. The first-order chi connectivity index (χ1) is 18.9. The number of nitrogens with one attached hydrogen (secondary N) is 1. The van der Waals surface area contributed by atoms with E-state index in [1.54, 1.807) is 61.7 Å². The van der Waals surface area contributed by atoms with E-state index in [0.717, 1.165) is 36.8 Å². The molecule has 1 amide bonds. The van der Waals surface area contributed by atoms with Crippen molar-refractivity contribution in [1.82, 2.24) is 5.32 Å². The minimum absolute atomic E-state index is 0.113. The standard InChI is InChI=1S/C31H29ClN2O4S/c1-19(2)37-31(36)23-14-12-21(32)16-25(23)26-15-13-22(38-26)18-34-30-28(24-10-6-7-11-27(24)39-30)29(35)33-17-20-8-4-3-5-9-20/h3-5,8-9,12-16,18-19H,6-7,10-11,17H2,1-2H3,(H,33,35). The van der Waals surface area contributed by atoms with Crippen LogP contribution in [0.1, 0.15) is 69.2 Å². The van der Waals surface area contributed by atoms with Crippen LogP contribution in [0.2, 0.25) is 5.02 Å². The van der Waals surface area contributed by atoms with Crippen molar-refractivity contribution in [1.29, 1.82) is 0 Å². The van der Waals surface area contributed by atoms with Gasteiger partial charge < -0.3 is 14.5 Å².